The average Bonchev–Trinajstić information content (AvgIpc) is 3.08. The fourth-order valence-corrected chi connectivity index (χ4v) is 3.88. The SMILES string of the molecule is C[C@@]12O[C@H]1[C@H]1CC[C@H]2c2c(F)c(F)c(F)c(F)c21. The Kier molecular flexibility index (Phi) is 1.74. The van der Waals surface area contributed by atoms with Crippen LogP contribution in [0.2, 0.25) is 0 Å². The zero-order valence-electron chi connectivity index (χ0n) is 9.57. The second-order valence-corrected chi connectivity index (χ2v) is 5.54. The van der Waals surface area contributed by atoms with E-state index < -0.39 is 28.9 Å². The predicted octanol–water partition coefficient (Wildman–Crippen LogP) is 3.38. The molecule has 1 saturated heterocycles. The number of fused-ring (bicyclic) bond motifs is 1. The minimum atomic E-state index is -1.71. The van der Waals surface area contributed by atoms with E-state index in [1.54, 1.807) is 0 Å². The van der Waals surface area contributed by atoms with E-state index in [0.29, 0.717) is 12.8 Å². The third kappa shape index (κ3) is 0.955. The van der Waals surface area contributed by atoms with E-state index in [4.69, 9.17) is 4.74 Å². The molecule has 2 fully saturated rings. The standard InChI is InChI=1S/C13H10F4O/c1-13-5-3-2-4(12(13)18-13)6-7(5)9(15)11(17)10(16)8(6)14/h4-5,12H,2-3H2,1H3/t4-,5-,12-,13-/m0/s1. The molecule has 1 heterocycles. The predicted molar refractivity (Wildman–Crippen MR) is 54.3 cm³/mol. The van der Waals surface area contributed by atoms with Crippen LogP contribution in [0.4, 0.5) is 17.6 Å². The fraction of sp³-hybridized carbons (Fsp3) is 0.538. The van der Waals surface area contributed by atoms with E-state index in [1.807, 2.05) is 6.92 Å². The highest BCUT2D eigenvalue weighted by molar-refractivity contribution is 5.48. The number of rotatable bonds is 0. The molecule has 0 radical (unpaired) electrons. The first-order chi connectivity index (χ1) is 8.47. The van der Waals surface area contributed by atoms with Crippen LogP contribution in [0, 0.1) is 23.3 Å². The van der Waals surface area contributed by atoms with E-state index in [1.165, 1.54) is 0 Å². The lowest BCUT2D eigenvalue weighted by molar-refractivity contribution is 0.264. The van der Waals surface area contributed by atoms with Gasteiger partial charge >= 0.3 is 0 Å². The molecule has 1 nitrogen and oxygen atoms in total. The zero-order valence-corrected chi connectivity index (χ0v) is 9.57. The van der Waals surface area contributed by atoms with Gasteiger partial charge in [0, 0.05) is 23.0 Å². The number of hydrogen-bond acceptors (Lipinski definition) is 1. The highest BCUT2D eigenvalue weighted by Crippen LogP contribution is 2.66. The first kappa shape index (κ1) is 10.8. The highest BCUT2D eigenvalue weighted by Gasteiger charge is 2.68. The van der Waals surface area contributed by atoms with E-state index >= 15 is 0 Å². The van der Waals surface area contributed by atoms with Crippen molar-refractivity contribution in [3.8, 4) is 0 Å². The van der Waals surface area contributed by atoms with Gasteiger partial charge in [0.2, 0.25) is 0 Å². The lowest BCUT2D eigenvalue weighted by atomic mass is 9.62. The number of epoxide rings is 1. The van der Waals surface area contributed by atoms with Crippen LogP contribution in [-0.2, 0) is 4.74 Å². The topological polar surface area (TPSA) is 12.5 Å². The molecule has 0 spiro atoms. The highest BCUT2D eigenvalue weighted by atomic mass is 19.2. The molecule has 1 aliphatic heterocycles. The van der Waals surface area contributed by atoms with Crippen molar-refractivity contribution in [2.24, 2.45) is 0 Å². The maximum atomic E-state index is 13.9. The molecule has 1 aromatic rings. The van der Waals surface area contributed by atoms with Crippen LogP contribution in [0.3, 0.4) is 0 Å². The van der Waals surface area contributed by atoms with Gasteiger partial charge in [-0.1, -0.05) is 0 Å². The summed E-state index contributed by atoms with van der Waals surface area (Å²) in [6.45, 7) is 1.83. The molecule has 5 heteroatoms. The van der Waals surface area contributed by atoms with E-state index in [9.17, 15) is 17.6 Å². The minimum absolute atomic E-state index is 0.00102. The molecule has 96 valence electrons. The molecular weight excluding hydrogens is 248 g/mol. The zero-order chi connectivity index (χ0) is 12.8. The normalized spacial score (nSPS) is 39.5. The average molecular weight is 258 g/mol. The monoisotopic (exact) mass is 258 g/mol. The third-order valence-electron chi connectivity index (χ3n) is 4.77. The second-order valence-electron chi connectivity index (χ2n) is 5.54. The van der Waals surface area contributed by atoms with Crippen LogP contribution in [0.1, 0.15) is 42.7 Å². The van der Waals surface area contributed by atoms with Crippen LogP contribution >= 0.6 is 0 Å². The molecular formula is C13H10F4O. The van der Waals surface area contributed by atoms with Crippen LogP contribution < -0.4 is 0 Å². The van der Waals surface area contributed by atoms with Crippen LogP contribution in [0.25, 0.3) is 0 Å². The van der Waals surface area contributed by atoms with Crippen LogP contribution in [-0.4, -0.2) is 11.7 Å². The summed E-state index contributed by atoms with van der Waals surface area (Å²) >= 11 is 0. The fourth-order valence-electron chi connectivity index (χ4n) is 3.88. The molecule has 0 unspecified atom stereocenters. The smallest absolute Gasteiger partial charge is 0.197 e. The molecule has 1 saturated carbocycles. The van der Waals surface area contributed by atoms with Crippen molar-refractivity contribution in [3.63, 3.8) is 0 Å². The summed E-state index contributed by atoms with van der Waals surface area (Å²) in [5.41, 5.74) is -0.519. The summed E-state index contributed by atoms with van der Waals surface area (Å²) in [4.78, 5) is 0. The molecule has 3 aliphatic carbocycles. The molecule has 1 aromatic carbocycles. The first-order valence-electron chi connectivity index (χ1n) is 6.00. The minimum Gasteiger partial charge on any atom is -0.365 e. The van der Waals surface area contributed by atoms with Gasteiger partial charge < -0.3 is 4.74 Å². The summed E-state index contributed by atoms with van der Waals surface area (Å²) in [5.74, 6) is -6.61. The number of hydrogen-bond donors (Lipinski definition) is 0. The van der Waals surface area contributed by atoms with Gasteiger partial charge in [0.15, 0.2) is 23.3 Å². The van der Waals surface area contributed by atoms with Gasteiger partial charge in [0.1, 0.15) is 0 Å². The molecule has 5 rings (SSSR count). The van der Waals surface area contributed by atoms with Gasteiger partial charge in [0.05, 0.1) is 11.7 Å². The van der Waals surface area contributed by atoms with Gasteiger partial charge in [-0.15, -0.1) is 0 Å². The molecule has 2 bridgehead atoms. The van der Waals surface area contributed by atoms with Crippen molar-refractivity contribution in [1.29, 1.82) is 0 Å². The van der Waals surface area contributed by atoms with Gasteiger partial charge in [-0.2, -0.15) is 0 Å². The Morgan fingerprint density at radius 3 is 2.22 bits per heavy atom. The summed E-state index contributed by atoms with van der Waals surface area (Å²) < 4.78 is 60.0. The van der Waals surface area contributed by atoms with E-state index in [0.717, 1.165) is 0 Å². The lowest BCUT2D eigenvalue weighted by Gasteiger charge is -2.39. The van der Waals surface area contributed by atoms with Crippen molar-refractivity contribution in [3.05, 3.63) is 34.4 Å². The molecule has 0 amide bonds. The van der Waals surface area contributed by atoms with Crippen molar-refractivity contribution in [2.75, 3.05) is 0 Å². The van der Waals surface area contributed by atoms with Crippen molar-refractivity contribution in [2.45, 2.75) is 43.3 Å². The molecule has 4 aliphatic rings. The third-order valence-corrected chi connectivity index (χ3v) is 4.77. The largest absolute Gasteiger partial charge is 0.365 e. The Hall–Kier alpha value is -1.10. The summed E-state index contributed by atoms with van der Waals surface area (Å²) in [5, 5.41) is 0. The summed E-state index contributed by atoms with van der Waals surface area (Å²) in [6.07, 6.45) is 1.09. The van der Waals surface area contributed by atoms with Gasteiger partial charge in [-0.3, -0.25) is 0 Å². The first-order valence-corrected chi connectivity index (χ1v) is 6.00. The Morgan fingerprint density at radius 1 is 0.944 bits per heavy atom. The molecule has 0 N–H and O–H groups in total. The second kappa shape index (κ2) is 2.90. The lowest BCUT2D eigenvalue weighted by Crippen LogP contribution is -2.38. The Bertz CT molecular complexity index is 585. The van der Waals surface area contributed by atoms with Gasteiger partial charge in [0.25, 0.3) is 0 Å². The summed E-state index contributed by atoms with van der Waals surface area (Å²) in [7, 11) is 0. The van der Waals surface area contributed by atoms with E-state index in [-0.39, 0.29) is 29.1 Å². The maximum Gasteiger partial charge on any atom is 0.197 e. The quantitative estimate of drug-likeness (QED) is 0.301. The van der Waals surface area contributed by atoms with Crippen molar-refractivity contribution >= 4 is 0 Å². The summed E-state index contributed by atoms with van der Waals surface area (Å²) in [6, 6.07) is 0. The number of benzene rings is 1. The molecule has 4 atom stereocenters. The Balaban J connectivity index is 2.07. The van der Waals surface area contributed by atoms with Crippen molar-refractivity contribution in [1.82, 2.24) is 0 Å². The van der Waals surface area contributed by atoms with E-state index in [2.05, 4.69) is 0 Å². The van der Waals surface area contributed by atoms with Gasteiger partial charge in [-0.25, -0.2) is 17.6 Å². The van der Waals surface area contributed by atoms with Crippen LogP contribution in [0.5, 0.6) is 0 Å². The Morgan fingerprint density at radius 2 is 1.56 bits per heavy atom. The molecule has 18 heavy (non-hydrogen) atoms. The molecule has 0 aromatic heterocycles. The number of ether oxygens (including phenoxy) is 1. The Labute approximate surface area is 101 Å². The van der Waals surface area contributed by atoms with Gasteiger partial charge in [-0.05, 0) is 19.8 Å². The van der Waals surface area contributed by atoms with Crippen molar-refractivity contribution < 1.29 is 22.3 Å². The van der Waals surface area contributed by atoms with Crippen LogP contribution in [0.15, 0.2) is 0 Å². The number of halogens is 4. The maximum absolute atomic E-state index is 13.9.